The highest BCUT2D eigenvalue weighted by Crippen LogP contribution is 2.23. The van der Waals surface area contributed by atoms with Crippen molar-refractivity contribution in [3.8, 4) is 0 Å². The first kappa shape index (κ1) is 15.5. The topological polar surface area (TPSA) is 44.3 Å². The Morgan fingerprint density at radius 1 is 1.14 bits per heavy atom. The van der Waals surface area contributed by atoms with Crippen LogP contribution in [0.1, 0.15) is 0 Å². The highest BCUT2D eigenvalue weighted by Gasteiger charge is 2.14. The summed E-state index contributed by atoms with van der Waals surface area (Å²) in [6.07, 6.45) is 1.64. The molecule has 0 spiro atoms. The number of hydrogen-bond donors (Lipinski definition) is 1. The Morgan fingerprint density at radius 2 is 1.82 bits per heavy atom. The second kappa shape index (κ2) is 6.81. The van der Waals surface area contributed by atoms with Gasteiger partial charge in [-0.15, -0.1) is 0 Å². The minimum Gasteiger partial charge on any atom is -0.369 e. The quantitative estimate of drug-likeness (QED) is 0.824. The highest BCUT2D eigenvalue weighted by atomic mass is 79.9. The molecule has 1 N–H and O–H groups in total. The van der Waals surface area contributed by atoms with Crippen LogP contribution in [0.15, 0.2) is 34.9 Å². The lowest BCUT2D eigenvalue weighted by molar-refractivity contribution is 0.313. The number of halogens is 2. The third kappa shape index (κ3) is 3.69. The Morgan fingerprint density at radius 3 is 2.45 bits per heavy atom. The van der Waals surface area contributed by atoms with Gasteiger partial charge in [0.05, 0.1) is 4.47 Å². The van der Waals surface area contributed by atoms with Crippen molar-refractivity contribution < 1.29 is 0 Å². The standard InChI is InChI=1S/C15H17BrClN5/c1-21-6-8-22(9-7-21)12-4-2-11(3-5-12)19-15-18-10-13(16)14(17)20-15/h2-5,10H,6-9H2,1H3,(H,18,19,20). The molecule has 0 atom stereocenters. The van der Waals surface area contributed by atoms with E-state index in [9.17, 15) is 0 Å². The maximum Gasteiger partial charge on any atom is 0.228 e. The first-order valence-corrected chi connectivity index (χ1v) is 8.27. The van der Waals surface area contributed by atoms with Crippen molar-refractivity contribution in [1.29, 1.82) is 0 Å². The molecule has 3 rings (SSSR count). The summed E-state index contributed by atoms with van der Waals surface area (Å²) in [7, 11) is 2.16. The van der Waals surface area contributed by atoms with Crippen molar-refractivity contribution in [3.63, 3.8) is 0 Å². The molecule has 0 aliphatic carbocycles. The van der Waals surface area contributed by atoms with Gasteiger partial charge in [-0.1, -0.05) is 11.6 Å². The molecule has 1 fully saturated rings. The molecule has 116 valence electrons. The van der Waals surface area contributed by atoms with Gasteiger partial charge < -0.3 is 15.1 Å². The zero-order valence-electron chi connectivity index (χ0n) is 12.3. The summed E-state index contributed by atoms with van der Waals surface area (Å²) in [6, 6.07) is 8.31. The van der Waals surface area contributed by atoms with Crippen LogP contribution in [-0.4, -0.2) is 48.1 Å². The van der Waals surface area contributed by atoms with Crippen LogP contribution in [0.2, 0.25) is 5.15 Å². The Kier molecular flexibility index (Phi) is 4.81. The second-order valence-corrected chi connectivity index (χ2v) is 6.51. The summed E-state index contributed by atoms with van der Waals surface area (Å²) in [4.78, 5) is 13.1. The molecule has 22 heavy (non-hydrogen) atoms. The molecule has 2 heterocycles. The molecule has 0 unspecified atom stereocenters. The molecule has 1 aromatic carbocycles. The minimum atomic E-state index is 0.395. The van der Waals surface area contributed by atoms with E-state index in [1.807, 2.05) is 12.1 Å². The normalized spacial score (nSPS) is 15.9. The van der Waals surface area contributed by atoms with E-state index in [0.29, 0.717) is 15.6 Å². The molecule has 7 heteroatoms. The maximum absolute atomic E-state index is 5.97. The molecule has 1 aliphatic rings. The Balaban J connectivity index is 1.67. The van der Waals surface area contributed by atoms with Crippen LogP contribution in [-0.2, 0) is 0 Å². The third-order valence-corrected chi connectivity index (χ3v) is 4.79. The van der Waals surface area contributed by atoms with E-state index in [2.05, 4.69) is 60.2 Å². The summed E-state index contributed by atoms with van der Waals surface area (Å²) >= 11 is 9.25. The van der Waals surface area contributed by atoms with E-state index in [1.54, 1.807) is 6.20 Å². The van der Waals surface area contributed by atoms with Gasteiger partial charge in [0.15, 0.2) is 0 Å². The monoisotopic (exact) mass is 381 g/mol. The Hall–Kier alpha value is -1.37. The predicted octanol–water partition coefficient (Wildman–Crippen LogP) is 3.39. The van der Waals surface area contributed by atoms with Gasteiger partial charge in [-0.25, -0.2) is 4.98 Å². The fourth-order valence-corrected chi connectivity index (χ4v) is 2.68. The first-order valence-electron chi connectivity index (χ1n) is 7.10. The van der Waals surface area contributed by atoms with Gasteiger partial charge >= 0.3 is 0 Å². The van der Waals surface area contributed by atoms with Crippen molar-refractivity contribution in [3.05, 3.63) is 40.1 Å². The lowest BCUT2D eigenvalue weighted by Gasteiger charge is -2.34. The maximum atomic E-state index is 5.97. The van der Waals surface area contributed by atoms with Gasteiger partial charge in [0.1, 0.15) is 5.15 Å². The number of anilines is 3. The van der Waals surface area contributed by atoms with Crippen molar-refractivity contribution in [1.82, 2.24) is 14.9 Å². The van der Waals surface area contributed by atoms with Crippen LogP contribution < -0.4 is 10.2 Å². The lowest BCUT2D eigenvalue weighted by Crippen LogP contribution is -2.44. The number of piperazine rings is 1. The van der Waals surface area contributed by atoms with Crippen LogP contribution in [0, 0.1) is 0 Å². The van der Waals surface area contributed by atoms with Crippen LogP contribution in [0.3, 0.4) is 0 Å². The summed E-state index contributed by atoms with van der Waals surface area (Å²) in [6.45, 7) is 4.33. The summed E-state index contributed by atoms with van der Waals surface area (Å²) < 4.78 is 0.685. The van der Waals surface area contributed by atoms with Crippen molar-refractivity contribution in [2.45, 2.75) is 0 Å². The smallest absolute Gasteiger partial charge is 0.228 e. The third-order valence-electron chi connectivity index (χ3n) is 3.69. The molecule has 2 aromatic rings. The van der Waals surface area contributed by atoms with E-state index in [4.69, 9.17) is 11.6 Å². The molecule has 1 aliphatic heterocycles. The Labute approximate surface area is 143 Å². The van der Waals surface area contributed by atoms with Crippen molar-refractivity contribution >= 4 is 44.9 Å². The van der Waals surface area contributed by atoms with Gasteiger partial charge in [-0.05, 0) is 47.2 Å². The van der Waals surface area contributed by atoms with Crippen molar-refractivity contribution in [2.24, 2.45) is 0 Å². The van der Waals surface area contributed by atoms with E-state index >= 15 is 0 Å². The summed E-state index contributed by atoms with van der Waals surface area (Å²) in [5, 5.41) is 3.55. The van der Waals surface area contributed by atoms with Crippen LogP contribution in [0.25, 0.3) is 0 Å². The van der Waals surface area contributed by atoms with Gasteiger partial charge in [0.2, 0.25) is 5.95 Å². The van der Waals surface area contributed by atoms with E-state index in [1.165, 1.54) is 5.69 Å². The second-order valence-electron chi connectivity index (χ2n) is 5.29. The fourth-order valence-electron chi connectivity index (χ4n) is 2.36. The van der Waals surface area contributed by atoms with Crippen LogP contribution >= 0.6 is 27.5 Å². The van der Waals surface area contributed by atoms with Gasteiger partial charge in [-0.2, -0.15) is 4.98 Å². The zero-order chi connectivity index (χ0) is 15.5. The highest BCUT2D eigenvalue weighted by molar-refractivity contribution is 9.10. The largest absolute Gasteiger partial charge is 0.369 e. The van der Waals surface area contributed by atoms with Crippen LogP contribution in [0.4, 0.5) is 17.3 Å². The zero-order valence-corrected chi connectivity index (χ0v) is 14.6. The molecular weight excluding hydrogens is 366 g/mol. The first-order chi connectivity index (χ1) is 10.6. The number of likely N-dealkylation sites (N-methyl/N-ethyl adjacent to an activating group) is 1. The molecule has 0 amide bonds. The molecule has 0 saturated carbocycles. The number of aromatic nitrogens is 2. The number of rotatable bonds is 3. The SMILES string of the molecule is CN1CCN(c2ccc(Nc3ncc(Br)c(Cl)n3)cc2)CC1. The van der Waals surface area contributed by atoms with E-state index in [0.717, 1.165) is 31.9 Å². The van der Waals surface area contributed by atoms with Crippen LogP contribution in [0.5, 0.6) is 0 Å². The number of nitrogens with one attached hydrogen (secondary N) is 1. The van der Waals surface area contributed by atoms with E-state index < -0.39 is 0 Å². The molecule has 5 nitrogen and oxygen atoms in total. The predicted molar refractivity (Wildman–Crippen MR) is 94.2 cm³/mol. The number of hydrogen-bond acceptors (Lipinski definition) is 5. The molecule has 1 aromatic heterocycles. The average molecular weight is 383 g/mol. The summed E-state index contributed by atoms with van der Waals surface area (Å²) in [5.41, 5.74) is 2.18. The summed E-state index contributed by atoms with van der Waals surface area (Å²) in [5.74, 6) is 0.487. The fraction of sp³-hybridized carbons (Fsp3) is 0.333. The molecular formula is C15H17BrClN5. The molecule has 0 bridgehead atoms. The lowest BCUT2D eigenvalue weighted by atomic mass is 10.2. The van der Waals surface area contributed by atoms with Gasteiger partial charge in [-0.3, -0.25) is 0 Å². The number of nitrogens with zero attached hydrogens (tertiary/aromatic N) is 4. The molecule has 1 saturated heterocycles. The Bertz CT molecular complexity index is 641. The molecule has 0 radical (unpaired) electrons. The average Bonchev–Trinajstić information content (AvgIpc) is 2.53. The minimum absolute atomic E-state index is 0.395. The van der Waals surface area contributed by atoms with Gasteiger partial charge in [0.25, 0.3) is 0 Å². The van der Waals surface area contributed by atoms with Gasteiger partial charge in [0, 0.05) is 43.8 Å². The van der Waals surface area contributed by atoms with E-state index in [-0.39, 0.29) is 0 Å². The number of benzene rings is 1. The van der Waals surface area contributed by atoms with Crippen molar-refractivity contribution in [2.75, 3.05) is 43.4 Å².